The minimum atomic E-state index is 0.0541. The summed E-state index contributed by atoms with van der Waals surface area (Å²) >= 11 is 1.55. The Morgan fingerprint density at radius 3 is 2.92 bits per heavy atom. The van der Waals surface area contributed by atoms with Crippen molar-refractivity contribution in [3.05, 3.63) is 29.3 Å². The first kappa shape index (κ1) is 8.19. The topological polar surface area (TPSA) is 46.0 Å². The molecule has 13 heavy (non-hydrogen) atoms. The average Bonchev–Trinajstić information content (AvgIpc) is 2.62. The highest BCUT2D eigenvalue weighted by molar-refractivity contribution is 7.13. The molecule has 0 amide bonds. The van der Waals surface area contributed by atoms with Crippen LogP contribution in [0, 0.1) is 6.92 Å². The Labute approximate surface area is 79.7 Å². The Morgan fingerprint density at radius 1 is 1.46 bits per heavy atom. The van der Waals surface area contributed by atoms with Gasteiger partial charge in [0.25, 0.3) is 0 Å². The number of aromatic hydroxyl groups is 1. The molecule has 0 atom stereocenters. The molecule has 0 radical (unpaired) electrons. The quantitative estimate of drug-likeness (QED) is 0.753. The SMILES string of the molecule is Cc1cnc(-c2cccs2)nc1O. The van der Waals surface area contributed by atoms with E-state index >= 15 is 0 Å². The highest BCUT2D eigenvalue weighted by Gasteiger charge is 2.04. The number of hydrogen-bond donors (Lipinski definition) is 1. The smallest absolute Gasteiger partial charge is 0.217 e. The summed E-state index contributed by atoms with van der Waals surface area (Å²) in [5.74, 6) is 0.636. The molecule has 0 aromatic carbocycles. The third kappa shape index (κ3) is 1.53. The van der Waals surface area contributed by atoms with Crippen LogP contribution in [0.5, 0.6) is 5.88 Å². The largest absolute Gasteiger partial charge is 0.493 e. The molecule has 0 bridgehead atoms. The zero-order chi connectivity index (χ0) is 9.26. The number of aromatic nitrogens is 2. The molecule has 4 heteroatoms. The molecule has 0 aliphatic rings. The minimum Gasteiger partial charge on any atom is -0.493 e. The van der Waals surface area contributed by atoms with E-state index in [1.54, 1.807) is 24.5 Å². The molecule has 0 fully saturated rings. The maximum Gasteiger partial charge on any atom is 0.217 e. The molecule has 3 nitrogen and oxygen atoms in total. The van der Waals surface area contributed by atoms with E-state index in [-0.39, 0.29) is 5.88 Å². The van der Waals surface area contributed by atoms with Crippen LogP contribution in [-0.2, 0) is 0 Å². The zero-order valence-electron chi connectivity index (χ0n) is 7.06. The highest BCUT2D eigenvalue weighted by atomic mass is 32.1. The Hall–Kier alpha value is -1.42. The van der Waals surface area contributed by atoms with Crippen molar-refractivity contribution in [2.24, 2.45) is 0 Å². The molecule has 66 valence electrons. The van der Waals surface area contributed by atoms with Gasteiger partial charge in [-0.2, -0.15) is 4.98 Å². The van der Waals surface area contributed by atoms with E-state index in [1.807, 2.05) is 17.5 Å². The van der Waals surface area contributed by atoms with Crippen LogP contribution >= 0.6 is 11.3 Å². The van der Waals surface area contributed by atoms with Crippen molar-refractivity contribution in [3.63, 3.8) is 0 Å². The van der Waals surface area contributed by atoms with Crippen LogP contribution in [0.15, 0.2) is 23.7 Å². The third-order valence-corrected chi connectivity index (χ3v) is 2.55. The lowest BCUT2D eigenvalue weighted by Crippen LogP contribution is -1.88. The Balaban J connectivity index is 2.49. The van der Waals surface area contributed by atoms with Gasteiger partial charge in [-0.1, -0.05) is 6.07 Å². The van der Waals surface area contributed by atoms with E-state index in [0.717, 1.165) is 4.88 Å². The summed E-state index contributed by atoms with van der Waals surface area (Å²) in [4.78, 5) is 9.06. The highest BCUT2D eigenvalue weighted by Crippen LogP contribution is 2.23. The summed E-state index contributed by atoms with van der Waals surface area (Å²) in [5, 5.41) is 11.3. The fourth-order valence-corrected chi connectivity index (χ4v) is 1.62. The van der Waals surface area contributed by atoms with Crippen molar-refractivity contribution in [1.82, 2.24) is 9.97 Å². The molecule has 0 saturated carbocycles. The Morgan fingerprint density at radius 2 is 2.31 bits per heavy atom. The number of rotatable bonds is 1. The first-order valence-corrected chi connectivity index (χ1v) is 4.72. The molecule has 0 aliphatic heterocycles. The van der Waals surface area contributed by atoms with Crippen LogP contribution in [0.4, 0.5) is 0 Å². The van der Waals surface area contributed by atoms with Gasteiger partial charge < -0.3 is 5.11 Å². The van der Waals surface area contributed by atoms with Crippen LogP contribution in [0.2, 0.25) is 0 Å². The fourth-order valence-electron chi connectivity index (χ4n) is 0.958. The molecule has 2 aromatic heterocycles. The number of hydrogen-bond acceptors (Lipinski definition) is 4. The lowest BCUT2D eigenvalue weighted by molar-refractivity contribution is 0.448. The van der Waals surface area contributed by atoms with Gasteiger partial charge in [-0.05, 0) is 18.4 Å². The van der Waals surface area contributed by atoms with Gasteiger partial charge in [0.2, 0.25) is 5.88 Å². The molecule has 0 saturated heterocycles. The molecular formula is C9H8N2OS. The molecule has 2 aromatic rings. The van der Waals surface area contributed by atoms with E-state index in [1.165, 1.54) is 0 Å². The van der Waals surface area contributed by atoms with Crippen LogP contribution in [0.25, 0.3) is 10.7 Å². The van der Waals surface area contributed by atoms with Gasteiger partial charge in [-0.25, -0.2) is 4.98 Å². The molecule has 0 aliphatic carbocycles. The number of nitrogens with zero attached hydrogens (tertiary/aromatic N) is 2. The summed E-state index contributed by atoms with van der Waals surface area (Å²) in [5.41, 5.74) is 0.695. The first-order valence-electron chi connectivity index (χ1n) is 3.84. The van der Waals surface area contributed by atoms with Crippen LogP contribution in [0.3, 0.4) is 0 Å². The van der Waals surface area contributed by atoms with E-state index < -0.39 is 0 Å². The molecule has 0 unspecified atom stereocenters. The molecule has 2 heterocycles. The van der Waals surface area contributed by atoms with Crippen molar-refractivity contribution in [3.8, 4) is 16.6 Å². The van der Waals surface area contributed by atoms with Gasteiger partial charge in [0.15, 0.2) is 5.82 Å². The first-order chi connectivity index (χ1) is 6.27. The maximum absolute atomic E-state index is 9.35. The van der Waals surface area contributed by atoms with Gasteiger partial charge >= 0.3 is 0 Å². The van der Waals surface area contributed by atoms with Gasteiger partial charge in [-0.15, -0.1) is 11.3 Å². The average molecular weight is 192 g/mol. The van der Waals surface area contributed by atoms with Crippen molar-refractivity contribution < 1.29 is 5.11 Å². The van der Waals surface area contributed by atoms with Gasteiger partial charge in [-0.3, -0.25) is 0 Å². The van der Waals surface area contributed by atoms with E-state index in [2.05, 4.69) is 9.97 Å². The van der Waals surface area contributed by atoms with E-state index in [0.29, 0.717) is 11.4 Å². The predicted octanol–water partition coefficient (Wildman–Crippen LogP) is 2.22. The minimum absolute atomic E-state index is 0.0541. The van der Waals surface area contributed by atoms with E-state index in [9.17, 15) is 5.11 Å². The van der Waals surface area contributed by atoms with Gasteiger partial charge in [0, 0.05) is 11.8 Å². The van der Waals surface area contributed by atoms with Crippen LogP contribution < -0.4 is 0 Å². The number of thiophene rings is 1. The van der Waals surface area contributed by atoms with Gasteiger partial charge in [0.1, 0.15) is 0 Å². The third-order valence-electron chi connectivity index (χ3n) is 1.69. The summed E-state index contributed by atoms with van der Waals surface area (Å²) < 4.78 is 0. The second-order valence-corrected chi connectivity index (χ2v) is 3.63. The molecule has 2 rings (SSSR count). The van der Waals surface area contributed by atoms with Crippen LogP contribution in [-0.4, -0.2) is 15.1 Å². The number of aryl methyl sites for hydroxylation is 1. The standard InChI is InChI=1S/C9H8N2OS/c1-6-5-10-8(11-9(6)12)7-3-2-4-13-7/h2-5H,1H3,(H,10,11,12). The lowest BCUT2D eigenvalue weighted by Gasteiger charge is -1.98. The molecule has 1 N–H and O–H groups in total. The summed E-state index contributed by atoms with van der Waals surface area (Å²) in [6.07, 6.45) is 1.62. The monoisotopic (exact) mass is 192 g/mol. The second kappa shape index (κ2) is 3.14. The maximum atomic E-state index is 9.35. The van der Waals surface area contributed by atoms with Crippen molar-refractivity contribution in [2.75, 3.05) is 0 Å². The normalized spacial score (nSPS) is 10.2. The fraction of sp³-hybridized carbons (Fsp3) is 0.111. The van der Waals surface area contributed by atoms with Crippen molar-refractivity contribution >= 4 is 11.3 Å². The summed E-state index contributed by atoms with van der Waals surface area (Å²) in [7, 11) is 0. The van der Waals surface area contributed by atoms with Crippen molar-refractivity contribution in [1.29, 1.82) is 0 Å². The lowest BCUT2D eigenvalue weighted by atomic mass is 10.3. The predicted molar refractivity (Wildman–Crippen MR) is 51.7 cm³/mol. The second-order valence-electron chi connectivity index (χ2n) is 2.68. The zero-order valence-corrected chi connectivity index (χ0v) is 7.88. The van der Waals surface area contributed by atoms with Crippen LogP contribution in [0.1, 0.15) is 5.56 Å². The van der Waals surface area contributed by atoms with Crippen molar-refractivity contribution in [2.45, 2.75) is 6.92 Å². The van der Waals surface area contributed by atoms with E-state index in [4.69, 9.17) is 0 Å². The molecule has 0 spiro atoms. The Bertz CT molecular complexity index is 412. The Kier molecular flexibility index (Phi) is 1.98. The summed E-state index contributed by atoms with van der Waals surface area (Å²) in [6.45, 7) is 1.77. The molecular weight excluding hydrogens is 184 g/mol. The van der Waals surface area contributed by atoms with Gasteiger partial charge in [0.05, 0.1) is 4.88 Å². The summed E-state index contributed by atoms with van der Waals surface area (Å²) in [6, 6.07) is 3.86.